The SMILES string of the molecule is CCCCOCCCNC(=NC)NCCn1ccnc1. The minimum atomic E-state index is 0.805. The van der Waals surface area contributed by atoms with Gasteiger partial charge in [0.25, 0.3) is 0 Å². The summed E-state index contributed by atoms with van der Waals surface area (Å²) in [6.07, 6.45) is 8.87. The van der Waals surface area contributed by atoms with E-state index >= 15 is 0 Å². The van der Waals surface area contributed by atoms with Crippen LogP contribution in [0.25, 0.3) is 0 Å². The number of imidazole rings is 1. The molecular weight excluding hydrogens is 254 g/mol. The highest BCUT2D eigenvalue weighted by Gasteiger charge is 1.97. The van der Waals surface area contributed by atoms with Gasteiger partial charge in [-0.25, -0.2) is 4.98 Å². The summed E-state index contributed by atoms with van der Waals surface area (Å²) < 4.78 is 7.54. The standard InChI is InChI=1S/C14H27N5O/c1-3-4-11-20-12-5-6-17-14(15-2)18-8-10-19-9-7-16-13-19/h7,9,13H,3-6,8,10-12H2,1-2H3,(H2,15,17,18). The van der Waals surface area contributed by atoms with E-state index < -0.39 is 0 Å². The average molecular weight is 281 g/mol. The second kappa shape index (κ2) is 11.3. The summed E-state index contributed by atoms with van der Waals surface area (Å²) in [5, 5.41) is 6.54. The molecule has 1 rings (SSSR count). The Balaban J connectivity index is 1.99. The fourth-order valence-corrected chi connectivity index (χ4v) is 1.67. The molecule has 0 spiro atoms. The summed E-state index contributed by atoms with van der Waals surface area (Å²) >= 11 is 0. The maximum Gasteiger partial charge on any atom is 0.191 e. The van der Waals surface area contributed by atoms with Crippen LogP contribution in [0.5, 0.6) is 0 Å². The number of unbranched alkanes of at least 4 members (excludes halogenated alkanes) is 1. The van der Waals surface area contributed by atoms with Gasteiger partial charge in [-0.2, -0.15) is 0 Å². The lowest BCUT2D eigenvalue weighted by Crippen LogP contribution is -2.39. The van der Waals surface area contributed by atoms with E-state index in [4.69, 9.17) is 4.74 Å². The molecule has 0 fully saturated rings. The van der Waals surface area contributed by atoms with Crippen molar-refractivity contribution in [2.75, 3.05) is 33.4 Å². The van der Waals surface area contributed by atoms with Crippen LogP contribution in [0.3, 0.4) is 0 Å². The number of ether oxygens (including phenoxy) is 1. The summed E-state index contributed by atoms with van der Waals surface area (Å²) in [5.41, 5.74) is 0. The van der Waals surface area contributed by atoms with Gasteiger partial charge in [-0.1, -0.05) is 13.3 Å². The zero-order chi connectivity index (χ0) is 14.5. The van der Waals surface area contributed by atoms with Gasteiger partial charge >= 0.3 is 0 Å². The highest BCUT2D eigenvalue weighted by Crippen LogP contribution is 1.89. The normalized spacial score (nSPS) is 11.6. The third-order valence-corrected chi connectivity index (χ3v) is 2.85. The summed E-state index contributed by atoms with van der Waals surface area (Å²) in [6, 6.07) is 0. The summed E-state index contributed by atoms with van der Waals surface area (Å²) in [6.45, 7) is 6.42. The number of guanidine groups is 1. The predicted molar refractivity (Wildman–Crippen MR) is 81.9 cm³/mol. The molecule has 114 valence electrons. The second-order valence-electron chi connectivity index (χ2n) is 4.55. The lowest BCUT2D eigenvalue weighted by Gasteiger charge is -2.12. The molecule has 0 saturated carbocycles. The van der Waals surface area contributed by atoms with Crippen molar-refractivity contribution in [3.05, 3.63) is 18.7 Å². The molecule has 20 heavy (non-hydrogen) atoms. The number of aromatic nitrogens is 2. The molecule has 6 nitrogen and oxygen atoms in total. The predicted octanol–water partition coefficient (Wildman–Crippen LogP) is 1.25. The minimum absolute atomic E-state index is 0.805. The van der Waals surface area contributed by atoms with E-state index in [0.717, 1.165) is 51.6 Å². The largest absolute Gasteiger partial charge is 0.381 e. The monoisotopic (exact) mass is 281 g/mol. The van der Waals surface area contributed by atoms with Crippen LogP contribution in [0.1, 0.15) is 26.2 Å². The fourth-order valence-electron chi connectivity index (χ4n) is 1.67. The lowest BCUT2D eigenvalue weighted by molar-refractivity contribution is 0.129. The Labute approximate surface area is 121 Å². The van der Waals surface area contributed by atoms with E-state index in [0.29, 0.717) is 0 Å². The molecule has 6 heteroatoms. The van der Waals surface area contributed by atoms with Crippen LogP contribution >= 0.6 is 0 Å². The zero-order valence-corrected chi connectivity index (χ0v) is 12.6. The lowest BCUT2D eigenvalue weighted by atomic mass is 10.4. The van der Waals surface area contributed by atoms with Crippen LogP contribution in [0.2, 0.25) is 0 Å². The molecule has 0 saturated heterocycles. The molecule has 0 aliphatic carbocycles. The van der Waals surface area contributed by atoms with Gasteiger partial charge in [-0.05, 0) is 12.8 Å². The van der Waals surface area contributed by atoms with Gasteiger partial charge in [-0.15, -0.1) is 0 Å². The Hall–Kier alpha value is -1.56. The Morgan fingerprint density at radius 3 is 2.75 bits per heavy atom. The van der Waals surface area contributed by atoms with Crippen molar-refractivity contribution in [1.82, 2.24) is 20.2 Å². The number of nitrogens with one attached hydrogen (secondary N) is 2. The van der Waals surface area contributed by atoms with E-state index in [9.17, 15) is 0 Å². The van der Waals surface area contributed by atoms with E-state index in [2.05, 4.69) is 27.5 Å². The highest BCUT2D eigenvalue weighted by atomic mass is 16.5. The maximum absolute atomic E-state index is 5.51. The summed E-state index contributed by atoms with van der Waals surface area (Å²) in [7, 11) is 1.78. The van der Waals surface area contributed by atoms with Crippen molar-refractivity contribution in [1.29, 1.82) is 0 Å². The van der Waals surface area contributed by atoms with Gasteiger partial charge in [0, 0.05) is 52.3 Å². The van der Waals surface area contributed by atoms with Gasteiger partial charge in [-0.3, -0.25) is 4.99 Å². The molecule has 0 unspecified atom stereocenters. The second-order valence-corrected chi connectivity index (χ2v) is 4.55. The minimum Gasteiger partial charge on any atom is -0.381 e. The van der Waals surface area contributed by atoms with Crippen LogP contribution in [0.4, 0.5) is 0 Å². The van der Waals surface area contributed by atoms with Gasteiger partial charge in [0.05, 0.1) is 6.33 Å². The van der Waals surface area contributed by atoms with Crippen molar-refractivity contribution < 1.29 is 4.74 Å². The van der Waals surface area contributed by atoms with Crippen molar-refractivity contribution in [3.63, 3.8) is 0 Å². The average Bonchev–Trinajstić information content (AvgIpc) is 2.97. The zero-order valence-electron chi connectivity index (χ0n) is 12.6. The molecule has 1 heterocycles. The van der Waals surface area contributed by atoms with Crippen molar-refractivity contribution in [3.8, 4) is 0 Å². The van der Waals surface area contributed by atoms with Gasteiger partial charge < -0.3 is 19.9 Å². The molecule has 0 bridgehead atoms. The first-order valence-electron chi connectivity index (χ1n) is 7.34. The van der Waals surface area contributed by atoms with Crippen molar-refractivity contribution in [2.45, 2.75) is 32.7 Å². The molecule has 0 atom stereocenters. The number of hydrogen-bond donors (Lipinski definition) is 2. The van der Waals surface area contributed by atoms with Crippen LogP contribution < -0.4 is 10.6 Å². The third-order valence-electron chi connectivity index (χ3n) is 2.85. The molecule has 0 radical (unpaired) electrons. The van der Waals surface area contributed by atoms with Crippen LogP contribution in [0.15, 0.2) is 23.7 Å². The Morgan fingerprint density at radius 2 is 2.05 bits per heavy atom. The van der Waals surface area contributed by atoms with Crippen molar-refractivity contribution in [2.24, 2.45) is 4.99 Å². The number of hydrogen-bond acceptors (Lipinski definition) is 3. The molecule has 1 aromatic rings. The first-order chi connectivity index (χ1) is 9.86. The molecular formula is C14H27N5O. The maximum atomic E-state index is 5.51. The van der Waals surface area contributed by atoms with Crippen molar-refractivity contribution >= 4 is 5.96 Å². The quantitative estimate of drug-likeness (QED) is 0.385. The number of rotatable bonds is 10. The van der Waals surface area contributed by atoms with E-state index in [1.54, 1.807) is 13.2 Å². The highest BCUT2D eigenvalue weighted by molar-refractivity contribution is 5.79. The molecule has 0 aliphatic rings. The van der Waals surface area contributed by atoms with Crippen LogP contribution in [-0.4, -0.2) is 48.9 Å². The van der Waals surface area contributed by atoms with Crippen LogP contribution in [0, 0.1) is 0 Å². The topological polar surface area (TPSA) is 63.5 Å². The molecule has 0 amide bonds. The van der Waals surface area contributed by atoms with E-state index in [1.807, 2.05) is 17.1 Å². The third kappa shape index (κ3) is 7.78. The van der Waals surface area contributed by atoms with E-state index in [1.165, 1.54) is 6.42 Å². The first kappa shape index (κ1) is 16.5. The summed E-state index contributed by atoms with van der Waals surface area (Å²) in [4.78, 5) is 8.19. The molecule has 0 aromatic carbocycles. The Bertz CT molecular complexity index is 350. The number of nitrogens with zero attached hydrogens (tertiary/aromatic N) is 3. The Kier molecular flexibility index (Phi) is 9.30. The van der Waals surface area contributed by atoms with E-state index in [-0.39, 0.29) is 0 Å². The number of aliphatic imine (C=N–C) groups is 1. The summed E-state index contributed by atoms with van der Waals surface area (Å²) in [5.74, 6) is 0.832. The van der Waals surface area contributed by atoms with Gasteiger partial charge in [0.15, 0.2) is 5.96 Å². The Morgan fingerprint density at radius 1 is 1.25 bits per heavy atom. The first-order valence-corrected chi connectivity index (χ1v) is 7.34. The fraction of sp³-hybridized carbons (Fsp3) is 0.714. The van der Waals surface area contributed by atoms with Crippen LogP contribution in [-0.2, 0) is 11.3 Å². The smallest absolute Gasteiger partial charge is 0.191 e. The molecule has 1 aromatic heterocycles. The van der Waals surface area contributed by atoms with Gasteiger partial charge in [0.2, 0.25) is 0 Å². The molecule has 2 N–H and O–H groups in total. The molecule has 0 aliphatic heterocycles. The van der Waals surface area contributed by atoms with Gasteiger partial charge in [0.1, 0.15) is 0 Å².